The molecule has 3 nitrogen and oxygen atoms in total. The zero-order valence-corrected chi connectivity index (χ0v) is 11.7. The van der Waals surface area contributed by atoms with Crippen molar-refractivity contribution >= 4 is 0 Å². The second kappa shape index (κ2) is 5.97. The van der Waals surface area contributed by atoms with E-state index in [0.717, 1.165) is 24.2 Å². The molecule has 0 saturated carbocycles. The standard InChI is InChI=1S/C15H20FN3/c1-4-15(12-6-5-7-14(16)8-12)17-9-13-10-18-19(3)11(13)2/h5-8,10,15,17H,4,9H2,1-3H3. The van der Waals surface area contributed by atoms with E-state index in [1.807, 2.05) is 30.9 Å². The van der Waals surface area contributed by atoms with Crippen LogP contribution in [0.25, 0.3) is 0 Å². The average Bonchev–Trinajstić information content (AvgIpc) is 2.71. The highest BCUT2D eigenvalue weighted by Crippen LogP contribution is 2.18. The van der Waals surface area contributed by atoms with Gasteiger partial charge in [0, 0.05) is 30.9 Å². The Morgan fingerprint density at radius 2 is 2.21 bits per heavy atom. The maximum absolute atomic E-state index is 13.3. The van der Waals surface area contributed by atoms with Gasteiger partial charge < -0.3 is 5.32 Å². The molecule has 0 saturated heterocycles. The van der Waals surface area contributed by atoms with Gasteiger partial charge in [-0.3, -0.25) is 4.68 Å². The van der Waals surface area contributed by atoms with E-state index >= 15 is 0 Å². The topological polar surface area (TPSA) is 29.9 Å². The summed E-state index contributed by atoms with van der Waals surface area (Å²) >= 11 is 0. The molecule has 0 amide bonds. The summed E-state index contributed by atoms with van der Waals surface area (Å²) in [6, 6.07) is 6.94. The summed E-state index contributed by atoms with van der Waals surface area (Å²) in [7, 11) is 1.93. The van der Waals surface area contributed by atoms with Crippen LogP contribution in [-0.4, -0.2) is 9.78 Å². The van der Waals surface area contributed by atoms with Crippen LogP contribution in [-0.2, 0) is 13.6 Å². The van der Waals surface area contributed by atoms with Crippen LogP contribution < -0.4 is 5.32 Å². The van der Waals surface area contributed by atoms with Crippen molar-refractivity contribution in [3.63, 3.8) is 0 Å². The first-order valence-electron chi connectivity index (χ1n) is 6.58. The van der Waals surface area contributed by atoms with Gasteiger partial charge in [0.2, 0.25) is 0 Å². The van der Waals surface area contributed by atoms with E-state index in [1.165, 1.54) is 11.6 Å². The molecule has 2 aromatic rings. The summed E-state index contributed by atoms with van der Waals surface area (Å²) in [6.45, 7) is 4.89. The summed E-state index contributed by atoms with van der Waals surface area (Å²) in [6.07, 6.45) is 2.80. The van der Waals surface area contributed by atoms with Gasteiger partial charge >= 0.3 is 0 Å². The Bertz CT molecular complexity index is 548. The van der Waals surface area contributed by atoms with Gasteiger partial charge in [-0.25, -0.2) is 4.39 Å². The highest BCUT2D eigenvalue weighted by atomic mass is 19.1. The van der Waals surface area contributed by atoms with Crippen molar-refractivity contribution < 1.29 is 4.39 Å². The third-order valence-corrected chi connectivity index (χ3v) is 3.54. The Morgan fingerprint density at radius 1 is 1.42 bits per heavy atom. The lowest BCUT2D eigenvalue weighted by Gasteiger charge is -2.17. The number of nitrogens with one attached hydrogen (secondary N) is 1. The highest BCUT2D eigenvalue weighted by molar-refractivity contribution is 5.21. The molecule has 4 heteroatoms. The molecule has 102 valence electrons. The lowest BCUT2D eigenvalue weighted by molar-refractivity contribution is 0.513. The maximum Gasteiger partial charge on any atom is 0.123 e. The van der Waals surface area contributed by atoms with Gasteiger partial charge in [0.15, 0.2) is 0 Å². The van der Waals surface area contributed by atoms with Crippen LogP contribution >= 0.6 is 0 Å². The number of hydrogen-bond donors (Lipinski definition) is 1. The Hall–Kier alpha value is -1.68. The lowest BCUT2D eigenvalue weighted by atomic mass is 10.0. The van der Waals surface area contributed by atoms with E-state index in [1.54, 1.807) is 12.1 Å². The molecule has 0 aliphatic carbocycles. The Kier molecular flexibility index (Phi) is 4.32. The molecular formula is C15H20FN3. The fraction of sp³-hybridized carbons (Fsp3) is 0.400. The van der Waals surface area contributed by atoms with Crippen molar-refractivity contribution in [2.45, 2.75) is 32.9 Å². The van der Waals surface area contributed by atoms with E-state index in [2.05, 4.69) is 17.3 Å². The fourth-order valence-corrected chi connectivity index (χ4v) is 2.17. The summed E-state index contributed by atoms with van der Waals surface area (Å²) in [5.74, 6) is -0.185. The van der Waals surface area contributed by atoms with E-state index in [4.69, 9.17) is 0 Å². The number of aryl methyl sites for hydroxylation is 1. The van der Waals surface area contributed by atoms with Gasteiger partial charge in [0.1, 0.15) is 5.82 Å². The average molecular weight is 261 g/mol. The van der Waals surface area contributed by atoms with Crippen LogP contribution in [0.1, 0.15) is 36.2 Å². The van der Waals surface area contributed by atoms with E-state index in [9.17, 15) is 4.39 Å². The quantitative estimate of drug-likeness (QED) is 0.896. The zero-order chi connectivity index (χ0) is 13.8. The fourth-order valence-electron chi connectivity index (χ4n) is 2.17. The van der Waals surface area contributed by atoms with Crippen molar-refractivity contribution in [3.05, 3.63) is 53.1 Å². The molecule has 0 aliphatic rings. The van der Waals surface area contributed by atoms with E-state index < -0.39 is 0 Å². The van der Waals surface area contributed by atoms with Gasteiger partial charge in [-0.05, 0) is 31.0 Å². The molecule has 1 N–H and O–H groups in total. The molecule has 2 rings (SSSR count). The van der Waals surface area contributed by atoms with Crippen LogP contribution in [0.4, 0.5) is 4.39 Å². The summed E-state index contributed by atoms with van der Waals surface area (Å²) < 4.78 is 15.1. The first-order valence-corrected chi connectivity index (χ1v) is 6.58. The van der Waals surface area contributed by atoms with Gasteiger partial charge in [0.05, 0.1) is 6.20 Å². The number of halogens is 1. The predicted octanol–water partition coefficient (Wildman–Crippen LogP) is 3.11. The van der Waals surface area contributed by atoms with Crippen molar-refractivity contribution in [1.82, 2.24) is 15.1 Å². The number of aromatic nitrogens is 2. The molecule has 0 aliphatic heterocycles. The van der Waals surface area contributed by atoms with Gasteiger partial charge in [-0.15, -0.1) is 0 Å². The largest absolute Gasteiger partial charge is 0.306 e. The highest BCUT2D eigenvalue weighted by Gasteiger charge is 2.11. The molecule has 1 aromatic heterocycles. The number of hydrogen-bond acceptors (Lipinski definition) is 2. The zero-order valence-electron chi connectivity index (χ0n) is 11.7. The SMILES string of the molecule is CCC(NCc1cnn(C)c1C)c1cccc(F)c1. The molecule has 0 fully saturated rings. The van der Waals surface area contributed by atoms with Gasteiger partial charge in [0.25, 0.3) is 0 Å². The van der Waals surface area contributed by atoms with Crippen molar-refractivity contribution in [3.8, 4) is 0 Å². The van der Waals surface area contributed by atoms with Crippen molar-refractivity contribution in [1.29, 1.82) is 0 Å². The Morgan fingerprint density at radius 3 is 2.79 bits per heavy atom. The van der Waals surface area contributed by atoms with Crippen LogP contribution in [0.15, 0.2) is 30.5 Å². The van der Waals surface area contributed by atoms with Crippen LogP contribution in [0.3, 0.4) is 0 Å². The molecule has 0 bridgehead atoms. The first-order chi connectivity index (χ1) is 9.11. The number of rotatable bonds is 5. The third kappa shape index (κ3) is 3.20. The second-order valence-corrected chi connectivity index (χ2v) is 4.78. The molecular weight excluding hydrogens is 241 g/mol. The summed E-state index contributed by atoms with van der Waals surface area (Å²) in [4.78, 5) is 0. The minimum atomic E-state index is -0.185. The summed E-state index contributed by atoms with van der Waals surface area (Å²) in [5, 5.41) is 7.69. The molecule has 1 atom stereocenters. The van der Waals surface area contributed by atoms with Crippen LogP contribution in [0, 0.1) is 12.7 Å². The van der Waals surface area contributed by atoms with E-state index in [-0.39, 0.29) is 11.9 Å². The van der Waals surface area contributed by atoms with Crippen molar-refractivity contribution in [2.75, 3.05) is 0 Å². The minimum absolute atomic E-state index is 0.162. The Labute approximate surface area is 113 Å². The second-order valence-electron chi connectivity index (χ2n) is 4.78. The molecule has 0 radical (unpaired) electrons. The lowest BCUT2D eigenvalue weighted by Crippen LogP contribution is -2.20. The minimum Gasteiger partial charge on any atom is -0.306 e. The summed E-state index contributed by atoms with van der Waals surface area (Å²) in [5.41, 5.74) is 3.32. The predicted molar refractivity (Wildman–Crippen MR) is 74.2 cm³/mol. The maximum atomic E-state index is 13.3. The van der Waals surface area contributed by atoms with Gasteiger partial charge in [-0.2, -0.15) is 5.10 Å². The molecule has 1 heterocycles. The van der Waals surface area contributed by atoms with Crippen LogP contribution in [0.2, 0.25) is 0 Å². The third-order valence-electron chi connectivity index (χ3n) is 3.54. The Balaban J connectivity index is 2.06. The van der Waals surface area contributed by atoms with Crippen LogP contribution in [0.5, 0.6) is 0 Å². The number of benzene rings is 1. The molecule has 0 spiro atoms. The smallest absolute Gasteiger partial charge is 0.123 e. The molecule has 1 aromatic carbocycles. The molecule has 19 heavy (non-hydrogen) atoms. The monoisotopic (exact) mass is 261 g/mol. The van der Waals surface area contributed by atoms with E-state index in [0.29, 0.717) is 0 Å². The van der Waals surface area contributed by atoms with Gasteiger partial charge in [-0.1, -0.05) is 19.1 Å². The normalized spacial score (nSPS) is 12.6. The number of nitrogens with zero attached hydrogens (tertiary/aromatic N) is 2. The van der Waals surface area contributed by atoms with Crippen molar-refractivity contribution in [2.24, 2.45) is 7.05 Å². The molecule has 1 unspecified atom stereocenters. The first kappa shape index (κ1) is 13.7.